The number of anilines is 1. The van der Waals surface area contributed by atoms with E-state index in [2.05, 4.69) is 56.0 Å². The number of hydrogen-bond acceptors (Lipinski definition) is 3. The van der Waals surface area contributed by atoms with Crippen LogP contribution >= 0.6 is 11.6 Å². The first-order valence-corrected chi connectivity index (χ1v) is 8.74. The number of aliphatic imine (C=N–C) groups is 1. The fraction of sp³-hybridized carbons (Fsp3) is 0.238. The highest BCUT2D eigenvalue weighted by atomic mass is 35.5. The molecule has 0 bridgehead atoms. The van der Waals surface area contributed by atoms with E-state index in [1.807, 2.05) is 25.4 Å². The first-order valence-electron chi connectivity index (χ1n) is 8.37. The van der Waals surface area contributed by atoms with E-state index >= 15 is 0 Å². The van der Waals surface area contributed by atoms with Gasteiger partial charge >= 0.3 is 0 Å². The maximum absolute atomic E-state index is 6.52. The van der Waals surface area contributed by atoms with Gasteiger partial charge in [-0.15, -0.1) is 0 Å². The number of aryl methyl sites for hydroxylation is 1. The Morgan fingerprint density at radius 2 is 1.84 bits per heavy atom. The molecule has 0 spiro atoms. The second-order valence-corrected chi connectivity index (χ2v) is 7.43. The minimum absolute atomic E-state index is 0.380. The molecular formula is C21H20ClN3. The number of fused-ring (bicyclic) bond motifs is 2. The minimum Gasteiger partial charge on any atom is -0.349 e. The summed E-state index contributed by atoms with van der Waals surface area (Å²) in [5.74, 6) is 0. The number of pyridine rings is 1. The van der Waals surface area contributed by atoms with Crippen LogP contribution in [-0.2, 0) is 0 Å². The second-order valence-electron chi connectivity index (χ2n) is 7.02. The maximum Gasteiger partial charge on any atom is 0.126 e. The van der Waals surface area contributed by atoms with Crippen molar-refractivity contribution in [2.45, 2.75) is 26.4 Å². The van der Waals surface area contributed by atoms with Gasteiger partial charge in [0, 0.05) is 29.8 Å². The van der Waals surface area contributed by atoms with Crippen LogP contribution in [0.5, 0.6) is 0 Å². The Hall–Kier alpha value is -2.39. The highest BCUT2D eigenvalue weighted by molar-refractivity contribution is 6.35. The molecule has 4 rings (SSSR count). The van der Waals surface area contributed by atoms with Gasteiger partial charge in [0.1, 0.15) is 5.66 Å². The number of para-hydroxylation sites is 2. The van der Waals surface area contributed by atoms with Crippen LogP contribution in [-0.4, -0.2) is 23.4 Å². The SMILES string of the molecule is Cc1cccc2cc(C3=NC(C)(C)N(C)c4c(Cl)cccc43)cnc12. The number of benzene rings is 2. The Morgan fingerprint density at radius 1 is 1.08 bits per heavy atom. The van der Waals surface area contributed by atoms with Crippen molar-refractivity contribution in [3.05, 3.63) is 70.4 Å². The second kappa shape index (κ2) is 5.57. The summed E-state index contributed by atoms with van der Waals surface area (Å²) in [5.41, 5.74) is 5.85. The van der Waals surface area contributed by atoms with Crippen molar-refractivity contribution in [1.82, 2.24) is 4.98 Å². The molecule has 4 heteroatoms. The van der Waals surface area contributed by atoms with Crippen LogP contribution in [0.25, 0.3) is 10.9 Å². The Bertz CT molecular complexity index is 1020. The number of aromatic nitrogens is 1. The minimum atomic E-state index is -0.380. The van der Waals surface area contributed by atoms with Gasteiger partial charge in [-0.1, -0.05) is 41.9 Å². The molecule has 2 heterocycles. The van der Waals surface area contributed by atoms with Crippen molar-refractivity contribution in [3.8, 4) is 0 Å². The lowest BCUT2D eigenvalue weighted by Crippen LogP contribution is -2.44. The van der Waals surface area contributed by atoms with E-state index in [0.717, 1.165) is 38.5 Å². The maximum atomic E-state index is 6.52. The summed E-state index contributed by atoms with van der Waals surface area (Å²) in [5, 5.41) is 1.87. The molecule has 0 fully saturated rings. The summed E-state index contributed by atoms with van der Waals surface area (Å²) in [6.45, 7) is 6.27. The molecule has 2 aromatic carbocycles. The molecule has 0 N–H and O–H groups in total. The Morgan fingerprint density at radius 3 is 2.64 bits per heavy atom. The molecule has 1 aliphatic heterocycles. The molecular weight excluding hydrogens is 330 g/mol. The monoisotopic (exact) mass is 349 g/mol. The molecule has 0 saturated carbocycles. The van der Waals surface area contributed by atoms with Gasteiger partial charge in [0.2, 0.25) is 0 Å². The van der Waals surface area contributed by atoms with Gasteiger partial charge in [-0.2, -0.15) is 0 Å². The van der Waals surface area contributed by atoms with Gasteiger partial charge < -0.3 is 4.90 Å². The topological polar surface area (TPSA) is 28.5 Å². The van der Waals surface area contributed by atoms with E-state index in [4.69, 9.17) is 21.6 Å². The first kappa shape index (κ1) is 16.1. The highest BCUT2D eigenvalue weighted by Crippen LogP contribution is 2.39. The number of rotatable bonds is 1. The predicted molar refractivity (Wildman–Crippen MR) is 106 cm³/mol. The summed E-state index contributed by atoms with van der Waals surface area (Å²) < 4.78 is 0. The summed E-state index contributed by atoms with van der Waals surface area (Å²) in [7, 11) is 2.03. The molecule has 3 nitrogen and oxygen atoms in total. The van der Waals surface area contributed by atoms with Crippen LogP contribution in [0.2, 0.25) is 5.02 Å². The predicted octanol–water partition coefficient (Wildman–Crippen LogP) is 5.22. The quantitative estimate of drug-likeness (QED) is 0.602. The standard InChI is InChI=1S/C21H20ClN3/c1-13-7-5-8-14-11-15(12-23-18(13)14)19-16-9-6-10-17(22)20(16)25(4)21(2,3)24-19/h5-12H,1-4H3. The summed E-state index contributed by atoms with van der Waals surface area (Å²) >= 11 is 6.52. The zero-order valence-corrected chi connectivity index (χ0v) is 15.6. The van der Waals surface area contributed by atoms with E-state index in [1.165, 1.54) is 5.56 Å². The van der Waals surface area contributed by atoms with E-state index in [-0.39, 0.29) is 5.66 Å². The van der Waals surface area contributed by atoms with E-state index in [9.17, 15) is 0 Å². The molecule has 25 heavy (non-hydrogen) atoms. The van der Waals surface area contributed by atoms with Crippen LogP contribution in [0.3, 0.4) is 0 Å². The summed E-state index contributed by atoms with van der Waals surface area (Å²) in [6, 6.07) is 14.4. The van der Waals surface area contributed by atoms with E-state index in [0.29, 0.717) is 0 Å². The molecule has 0 unspecified atom stereocenters. The average Bonchev–Trinajstić information content (AvgIpc) is 2.58. The zero-order valence-electron chi connectivity index (χ0n) is 14.8. The van der Waals surface area contributed by atoms with Crippen molar-refractivity contribution < 1.29 is 0 Å². The van der Waals surface area contributed by atoms with Crippen LogP contribution in [0, 0.1) is 6.92 Å². The number of nitrogens with zero attached hydrogens (tertiary/aromatic N) is 3. The molecule has 0 aliphatic carbocycles. The molecule has 0 saturated heterocycles. The molecule has 0 radical (unpaired) electrons. The summed E-state index contributed by atoms with van der Waals surface area (Å²) in [4.78, 5) is 11.8. The van der Waals surface area contributed by atoms with Gasteiger partial charge in [-0.3, -0.25) is 9.98 Å². The van der Waals surface area contributed by atoms with Gasteiger partial charge in [-0.25, -0.2) is 0 Å². The largest absolute Gasteiger partial charge is 0.349 e. The third-order valence-electron chi connectivity index (χ3n) is 4.97. The Balaban J connectivity index is 1.97. The number of hydrogen-bond donors (Lipinski definition) is 0. The fourth-order valence-corrected chi connectivity index (χ4v) is 3.69. The third kappa shape index (κ3) is 2.50. The molecule has 0 amide bonds. The summed E-state index contributed by atoms with van der Waals surface area (Å²) in [6.07, 6.45) is 1.92. The fourth-order valence-electron chi connectivity index (χ4n) is 3.39. The molecule has 1 aromatic heterocycles. The van der Waals surface area contributed by atoms with Crippen molar-refractivity contribution in [2.75, 3.05) is 11.9 Å². The molecule has 1 aliphatic rings. The zero-order chi connectivity index (χ0) is 17.8. The molecule has 126 valence electrons. The van der Waals surface area contributed by atoms with Crippen molar-refractivity contribution in [2.24, 2.45) is 4.99 Å². The molecule has 3 aromatic rings. The van der Waals surface area contributed by atoms with Crippen LogP contribution < -0.4 is 4.90 Å². The first-order chi connectivity index (χ1) is 11.9. The van der Waals surface area contributed by atoms with Crippen molar-refractivity contribution >= 4 is 33.9 Å². The normalized spacial score (nSPS) is 15.9. The van der Waals surface area contributed by atoms with Crippen LogP contribution in [0.4, 0.5) is 5.69 Å². The highest BCUT2D eigenvalue weighted by Gasteiger charge is 2.33. The van der Waals surface area contributed by atoms with E-state index < -0.39 is 0 Å². The lowest BCUT2D eigenvalue weighted by Gasteiger charge is -2.40. The Labute approximate surface area is 153 Å². The lowest BCUT2D eigenvalue weighted by molar-refractivity contribution is 0.507. The van der Waals surface area contributed by atoms with Gasteiger partial charge in [0.05, 0.1) is 21.9 Å². The van der Waals surface area contributed by atoms with Gasteiger partial charge in [0.25, 0.3) is 0 Å². The van der Waals surface area contributed by atoms with Crippen LogP contribution in [0.1, 0.15) is 30.5 Å². The smallest absolute Gasteiger partial charge is 0.126 e. The van der Waals surface area contributed by atoms with Crippen LogP contribution in [0.15, 0.2) is 53.7 Å². The third-order valence-corrected chi connectivity index (χ3v) is 5.27. The van der Waals surface area contributed by atoms with Crippen molar-refractivity contribution in [3.63, 3.8) is 0 Å². The average molecular weight is 350 g/mol. The molecule has 0 atom stereocenters. The Kier molecular flexibility index (Phi) is 3.58. The van der Waals surface area contributed by atoms with Gasteiger partial charge in [0.15, 0.2) is 0 Å². The van der Waals surface area contributed by atoms with Crippen molar-refractivity contribution in [1.29, 1.82) is 0 Å². The lowest BCUT2D eigenvalue weighted by atomic mass is 9.95. The van der Waals surface area contributed by atoms with Gasteiger partial charge in [-0.05, 0) is 38.5 Å². The number of halogens is 1. The van der Waals surface area contributed by atoms with E-state index in [1.54, 1.807) is 0 Å².